The summed E-state index contributed by atoms with van der Waals surface area (Å²) < 4.78 is 0. The van der Waals surface area contributed by atoms with E-state index in [2.05, 4.69) is 112 Å². The van der Waals surface area contributed by atoms with Gasteiger partial charge in [-0.3, -0.25) is 9.80 Å². The summed E-state index contributed by atoms with van der Waals surface area (Å²) in [5.41, 5.74) is 100. The standard InChI is InChI=1S/C16H40N6.C15H38N6.C14H30.C13H21N3.2C9H24N4.C7H19N3.C6H18N4/c17-7-3-13-21(14-4-8-18)11-1-2-12-22(15-5-9-19)16-6-10-20;16-6-1-10-20(11-2-7-17)14-5-15-21(12-3-8-18)13-4-9-19;1-3-5-7-9-11-13-14-12-10-8-6-4-2;1-2-4-13(5-3-1)12-16-10-8-14-6-7-15-9-11-16;10-4-1-7-13(8-2-5-11)9-3-6-12;10-4-1-6-12-8-3-9-13-7-2-5-11;1-10(6-2-4-8)7-3-5-9;7-1-4-10(5-2-8)6-3-9/h1-20H2;1-19H2;3-14H2,1-2H3;1-5,14-15H,6-12H2;1-12H2;12-13H,1-11H2;2-9H2,1H3;1-9H2. The molecule has 1 fully saturated rings. The average Bonchev–Trinajstić information content (AvgIpc) is 1.85. The van der Waals surface area contributed by atoms with Gasteiger partial charge in [0.2, 0.25) is 0 Å². The second kappa shape index (κ2) is 118. The zero-order chi connectivity index (χ0) is 89.1. The molecule has 1 heterocycles. The van der Waals surface area contributed by atoms with Crippen LogP contribution in [0.3, 0.4) is 0 Å². The maximum atomic E-state index is 5.61. The maximum Gasteiger partial charge on any atom is 0.0234 e. The highest BCUT2D eigenvalue weighted by atomic mass is 15.2. The molecule has 1 aliphatic rings. The molecule has 0 saturated carbocycles. The number of nitrogens with one attached hydrogen (secondary N) is 4. The lowest BCUT2D eigenvalue weighted by molar-refractivity contribution is 0.222. The fourth-order valence-electron chi connectivity index (χ4n) is 13.0. The van der Waals surface area contributed by atoms with E-state index in [1.807, 2.05) is 0 Å². The third-order valence-corrected chi connectivity index (χ3v) is 20.2. The molecular weight excluding hydrogens is 1490 g/mol. The molecule has 1 saturated heterocycles. The Morgan fingerprint density at radius 3 is 0.723 bits per heavy atom. The molecule has 0 amide bonds. The van der Waals surface area contributed by atoms with Crippen LogP contribution in [-0.4, -0.2) is 360 Å². The Morgan fingerprint density at radius 2 is 0.471 bits per heavy atom. The molecule has 0 unspecified atom stereocenters. The van der Waals surface area contributed by atoms with Gasteiger partial charge in [-0.25, -0.2) is 0 Å². The van der Waals surface area contributed by atoms with Crippen molar-refractivity contribution in [3.05, 3.63) is 35.9 Å². The van der Waals surface area contributed by atoms with Crippen molar-refractivity contribution >= 4 is 0 Å². The Bertz CT molecular complexity index is 1690. The number of unbranched alkanes of at least 4 members (excludes halogenated alkanes) is 12. The number of nitrogens with two attached hydrogens (primary N) is 18. The molecule has 720 valence electrons. The number of hydrogen-bond acceptors (Lipinski definition) is 30. The third kappa shape index (κ3) is 112. The fourth-order valence-corrected chi connectivity index (χ4v) is 13.0. The minimum absolute atomic E-state index is 0.681. The molecule has 1 aromatic rings. The summed E-state index contributed by atoms with van der Waals surface area (Å²) in [5.74, 6) is 0. The number of benzene rings is 1. The van der Waals surface area contributed by atoms with Crippen LogP contribution >= 0.6 is 0 Å². The molecule has 0 bridgehead atoms. The van der Waals surface area contributed by atoms with Crippen LogP contribution in [0.15, 0.2) is 30.3 Å². The SMILES string of the molecule is CCCCCCCCCCCCCC.CN(CCCN)CCCN.NCCCN(CCCN)CCCCN(CCCN)CCCN.NCCCN(CCCN)CCCN.NCCCN(CCCN)CCCN(CCCN)CCCN.NCCCNCCCNCCCN.NCCN(CCN)CCN.c1ccc(CN2CCNCCNCC2)cc1. The first kappa shape index (κ1) is 128. The van der Waals surface area contributed by atoms with Gasteiger partial charge in [-0.15, -0.1) is 0 Å². The van der Waals surface area contributed by atoms with Crippen LogP contribution in [0.25, 0.3) is 0 Å². The van der Waals surface area contributed by atoms with Crippen molar-refractivity contribution in [1.82, 2.24) is 60.5 Å². The molecule has 1 aliphatic heterocycles. The van der Waals surface area contributed by atoms with Crippen molar-refractivity contribution in [3.63, 3.8) is 0 Å². The molecule has 0 radical (unpaired) electrons. The molecule has 30 nitrogen and oxygen atoms in total. The van der Waals surface area contributed by atoms with E-state index in [-0.39, 0.29) is 0 Å². The van der Waals surface area contributed by atoms with Crippen molar-refractivity contribution in [3.8, 4) is 0 Å². The zero-order valence-electron chi connectivity index (χ0n) is 78.9. The second-order valence-electron chi connectivity index (χ2n) is 31.6. The van der Waals surface area contributed by atoms with Gasteiger partial charge >= 0.3 is 0 Å². The fraction of sp³-hybridized carbons (Fsp3) is 0.933. The van der Waals surface area contributed by atoms with Crippen molar-refractivity contribution in [2.75, 3.05) is 321 Å². The average molecular weight is 1700 g/mol. The summed E-state index contributed by atoms with van der Waals surface area (Å²) in [6.07, 6.45) is 38.3. The molecule has 0 atom stereocenters. The molecule has 40 N–H and O–H groups in total. The van der Waals surface area contributed by atoms with Crippen LogP contribution in [0.1, 0.15) is 218 Å². The van der Waals surface area contributed by atoms with Gasteiger partial charge in [0, 0.05) is 85.1 Å². The van der Waals surface area contributed by atoms with Crippen LogP contribution in [0, 0.1) is 0 Å². The van der Waals surface area contributed by atoms with E-state index in [0.29, 0.717) is 19.6 Å². The van der Waals surface area contributed by atoms with Crippen LogP contribution < -0.4 is 124 Å². The van der Waals surface area contributed by atoms with Gasteiger partial charge in [0.25, 0.3) is 0 Å². The van der Waals surface area contributed by atoms with Crippen molar-refractivity contribution in [2.45, 2.75) is 219 Å². The molecular formula is C89H214N30. The molecule has 2 rings (SSSR count). The Labute approximate surface area is 736 Å². The molecule has 0 spiro atoms. The van der Waals surface area contributed by atoms with Crippen molar-refractivity contribution in [1.29, 1.82) is 0 Å². The summed E-state index contributed by atoms with van der Waals surface area (Å²) in [5, 5.41) is 13.5. The third-order valence-electron chi connectivity index (χ3n) is 20.2. The summed E-state index contributed by atoms with van der Waals surface area (Å²) in [7, 11) is 2.10. The van der Waals surface area contributed by atoms with E-state index in [9.17, 15) is 0 Å². The molecule has 30 heteroatoms. The van der Waals surface area contributed by atoms with Gasteiger partial charge in [-0.05, 0) is 370 Å². The predicted octanol–water partition coefficient (Wildman–Crippen LogP) is 1.90. The maximum absolute atomic E-state index is 5.61. The molecule has 0 aliphatic carbocycles. The van der Waals surface area contributed by atoms with E-state index < -0.39 is 0 Å². The summed E-state index contributed by atoms with van der Waals surface area (Å²) >= 11 is 0. The number of rotatable bonds is 77. The topological polar surface area (TPSA) is 542 Å². The molecule has 0 aromatic heterocycles. The van der Waals surface area contributed by atoms with Crippen LogP contribution in [0.4, 0.5) is 0 Å². The summed E-state index contributed by atoms with van der Waals surface area (Å²) in [4.78, 5) is 19.3. The minimum Gasteiger partial charge on any atom is -0.330 e. The Balaban J connectivity index is -0.000000311. The first-order chi connectivity index (χ1) is 58.3. The first-order valence-corrected chi connectivity index (χ1v) is 48.6. The number of nitrogens with zero attached hydrogens (tertiary/aromatic N) is 8. The van der Waals surface area contributed by atoms with Gasteiger partial charge < -0.3 is 154 Å². The van der Waals surface area contributed by atoms with Crippen LogP contribution in [0.5, 0.6) is 0 Å². The van der Waals surface area contributed by atoms with Crippen molar-refractivity contribution < 1.29 is 0 Å². The smallest absolute Gasteiger partial charge is 0.0234 e. The highest BCUT2D eigenvalue weighted by molar-refractivity contribution is 5.14. The summed E-state index contributed by atoms with van der Waals surface area (Å²) in [6, 6.07) is 10.7. The summed E-state index contributed by atoms with van der Waals surface area (Å²) in [6.45, 7) is 51.5. The van der Waals surface area contributed by atoms with Gasteiger partial charge in [-0.1, -0.05) is 121 Å². The zero-order valence-corrected chi connectivity index (χ0v) is 78.9. The quantitative estimate of drug-likeness (QED) is 0.0414. The van der Waals surface area contributed by atoms with Gasteiger partial charge in [0.1, 0.15) is 0 Å². The number of hydrogen-bond donors (Lipinski definition) is 22. The molecule has 1 aromatic carbocycles. The van der Waals surface area contributed by atoms with Crippen molar-refractivity contribution in [2.24, 2.45) is 103 Å². The van der Waals surface area contributed by atoms with E-state index >= 15 is 0 Å². The van der Waals surface area contributed by atoms with Gasteiger partial charge in [-0.2, -0.15) is 0 Å². The Hall–Kier alpha value is -1.98. The van der Waals surface area contributed by atoms with E-state index in [1.54, 1.807) is 0 Å². The monoisotopic (exact) mass is 1700 g/mol. The normalized spacial score (nSPS) is 12.3. The van der Waals surface area contributed by atoms with E-state index in [4.69, 9.17) is 103 Å². The van der Waals surface area contributed by atoms with Gasteiger partial charge in [0.05, 0.1) is 0 Å². The highest BCUT2D eigenvalue weighted by Gasteiger charge is 2.12. The predicted molar refractivity (Wildman–Crippen MR) is 527 cm³/mol. The largest absolute Gasteiger partial charge is 0.330 e. The lowest BCUT2D eigenvalue weighted by atomic mass is 10.1. The molecule has 119 heavy (non-hydrogen) atoms. The second-order valence-corrected chi connectivity index (χ2v) is 31.6. The Kier molecular flexibility index (Phi) is 127. The Morgan fingerprint density at radius 1 is 0.244 bits per heavy atom. The lowest BCUT2D eigenvalue weighted by Crippen LogP contribution is -2.37. The first-order valence-electron chi connectivity index (χ1n) is 48.6. The van der Waals surface area contributed by atoms with E-state index in [0.717, 1.165) is 397 Å². The minimum atomic E-state index is 0.681. The van der Waals surface area contributed by atoms with Crippen LogP contribution in [0.2, 0.25) is 0 Å². The highest BCUT2D eigenvalue weighted by Crippen LogP contribution is 2.12. The lowest BCUT2D eigenvalue weighted by Gasteiger charge is -2.25. The van der Waals surface area contributed by atoms with Gasteiger partial charge in [0.15, 0.2) is 0 Å². The van der Waals surface area contributed by atoms with E-state index in [1.165, 1.54) is 108 Å². The van der Waals surface area contributed by atoms with Crippen LogP contribution in [-0.2, 0) is 6.54 Å².